The SMILES string of the molecule is Nc1nc(OCCCCO)nc2c1nc(Br)n2Cc1ccccc1. The maximum Gasteiger partial charge on any atom is 0.320 e. The van der Waals surface area contributed by atoms with Crippen molar-refractivity contribution in [3.05, 3.63) is 40.6 Å². The number of nitrogens with two attached hydrogens (primary N) is 1. The third-order valence-corrected chi connectivity index (χ3v) is 4.13. The second-order valence-corrected chi connectivity index (χ2v) is 6.00. The lowest BCUT2D eigenvalue weighted by Crippen LogP contribution is -2.06. The van der Waals surface area contributed by atoms with Crippen LogP contribution >= 0.6 is 15.9 Å². The van der Waals surface area contributed by atoms with Gasteiger partial charge in [0.2, 0.25) is 0 Å². The number of ether oxygens (including phenoxy) is 1. The van der Waals surface area contributed by atoms with E-state index in [1.807, 2.05) is 34.9 Å². The fraction of sp³-hybridized carbons (Fsp3) is 0.312. The lowest BCUT2D eigenvalue weighted by molar-refractivity contribution is 0.244. The first kappa shape index (κ1) is 16.7. The third-order valence-electron chi connectivity index (χ3n) is 3.52. The molecule has 7 nitrogen and oxygen atoms in total. The number of imidazole rings is 1. The standard InChI is InChI=1S/C16H18BrN5O2/c17-15-19-12-13(18)20-16(24-9-5-4-8-23)21-14(12)22(15)10-11-6-2-1-3-7-11/h1-3,6-7,23H,4-5,8-10H2,(H2,18,20,21). The summed E-state index contributed by atoms with van der Waals surface area (Å²) in [5.41, 5.74) is 8.28. The summed E-state index contributed by atoms with van der Waals surface area (Å²) in [6.45, 7) is 1.18. The molecule has 2 aromatic heterocycles. The van der Waals surface area contributed by atoms with E-state index in [4.69, 9.17) is 15.6 Å². The van der Waals surface area contributed by atoms with Gasteiger partial charge in [0.15, 0.2) is 21.7 Å². The largest absolute Gasteiger partial charge is 0.463 e. The van der Waals surface area contributed by atoms with E-state index in [9.17, 15) is 0 Å². The van der Waals surface area contributed by atoms with Crippen molar-refractivity contribution in [2.75, 3.05) is 18.9 Å². The molecule has 3 N–H and O–H groups in total. The fourth-order valence-electron chi connectivity index (χ4n) is 2.32. The molecule has 0 amide bonds. The molecule has 126 valence electrons. The lowest BCUT2D eigenvalue weighted by Gasteiger charge is -2.08. The van der Waals surface area contributed by atoms with Gasteiger partial charge in [-0.05, 0) is 34.3 Å². The topological polar surface area (TPSA) is 99.1 Å². The third kappa shape index (κ3) is 3.65. The van der Waals surface area contributed by atoms with Gasteiger partial charge in [0, 0.05) is 6.61 Å². The van der Waals surface area contributed by atoms with Crippen LogP contribution in [-0.4, -0.2) is 37.8 Å². The molecule has 0 aliphatic carbocycles. The fourth-order valence-corrected chi connectivity index (χ4v) is 2.79. The molecule has 0 spiro atoms. The monoisotopic (exact) mass is 391 g/mol. The molecule has 0 atom stereocenters. The van der Waals surface area contributed by atoms with Crippen molar-refractivity contribution >= 4 is 32.9 Å². The molecule has 3 rings (SSSR count). The number of anilines is 1. The van der Waals surface area contributed by atoms with E-state index >= 15 is 0 Å². The first-order valence-electron chi connectivity index (χ1n) is 7.66. The summed E-state index contributed by atoms with van der Waals surface area (Å²) in [6, 6.07) is 10.2. The molecule has 0 saturated heterocycles. The van der Waals surface area contributed by atoms with Crippen LogP contribution in [0, 0.1) is 0 Å². The molecule has 8 heteroatoms. The van der Waals surface area contributed by atoms with Crippen LogP contribution in [0.4, 0.5) is 5.82 Å². The number of unbranched alkanes of at least 4 members (excludes halogenated alkanes) is 1. The maximum atomic E-state index is 8.80. The van der Waals surface area contributed by atoms with Crippen LogP contribution < -0.4 is 10.5 Å². The minimum Gasteiger partial charge on any atom is -0.463 e. The van der Waals surface area contributed by atoms with Crippen molar-refractivity contribution in [3.8, 4) is 6.01 Å². The second-order valence-electron chi connectivity index (χ2n) is 5.30. The predicted octanol–water partition coefficient (Wildman–Crippen LogP) is 2.37. The highest BCUT2D eigenvalue weighted by atomic mass is 79.9. The van der Waals surface area contributed by atoms with Gasteiger partial charge in [-0.25, -0.2) is 4.98 Å². The van der Waals surface area contributed by atoms with Crippen molar-refractivity contribution in [1.82, 2.24) is 19.5 Å². The van der Waals surface area contributed by atoms with E-state index < -0.39 is 0 Å². The van der Waals surface area contributed by atoms with E-state index in [2.05, 4.69) is 30.9 Å². The lowest BCUT2D eigenvalue weighted by atomic mass is 10.2. The van der Waals surface area contributed by atoms with Gasteiger partial charge >= 0.3 is 6.01 Å². The van der Waals surface area contributed by atoms with Gasteiger partial charge in [0.1, 0.15) is 0 Å². The van der Waals surface area contributed by atoms with Crippen LogP contribution in [0.15, 0.2) is 35.1 Å². The van der Waals surface area contributed by atoms with Crippen LogP contribution in [0.1, 0.15) is 18.4 Å². The highest BCUT2D eigenvalue weighted by molar-refractivity contribution is 9.10. The summed E-state index contributed by atoms with van der Waals surface area (Å²) in [5.74, 6) is 0.282. The molecule has 1 aromatic carbocycles. The number of nitrogen functional groups attached to an aromatic ring is 1. The Morgan fingerprint density at radius 3 is 2.67 bits per heavy atom. The van der Waals surface area contributed by atoms with Crippen LogP contribution in [0.3, 0.4) is 0 Å². The van der Waals surface area contributed by atoms with Gasteiger partial charge in [-0.2, -0.15) is 9.97 Å². The highest BCUT2D eigenvalue weighted by Crippen LogP contribution is 2.25. The number of benzene rings is 1. The second kappa shape index (κ2) is 7.59. The molecule has 0 saturated carbocycles. The average molecular weight is 392 g/mol. The van der Waals surface area contributed by atoms with Crippen LogP contribution in [0.2, 0.25) is 0 Å². The number of fused-ring (bicyclic) bond motifs is 1. The molecule has 0 unspecified atom stereocenters. The van der Waals surface area contributed by atoms with Crippen LogP contribution in [-0.2, 0) is 6.54 Å². The van der Waals surface area contributed by atoms with E-state index in [0.29, 0.717) is 35.5 Å². The number of aliphatic hydroxyl groups excluding tert-OH is 1. The molecule has 3 aromatic rings. The number of nitrogens with zero attached hydrogens (tertiary/aromatic N) is 4. The van der Waals surface area contributed by atoms with Gasteiger partial charge in [-0.3, -0.25) is 4.57 Å². The first-order valence-corrected chi connectivity index (χ1v) is 8.45. The Balaban J connectivity index is 1.91. The summed E-state index contributed by atoms with van der Waals surface area (Å²) in [5, 5.41) is 8.80. The number of hydrogen-bond acceptors (Lipinski definition) is 6. The van der Waals surface area contributed by atoms with E-state index in [1.54, 1.807) is 0 Å². The zero-order chi connectivity index (χ0) is 16.9. The van der Waals surface area contributed by atoms with Crippen LogP contribution in [0.5, 0.6) is 6.01 Å². The normalized spacial score (nSPS) is 11.1. The van der Waals surface area contributed by atoms with E-state index in [-0.39, 0.29) is 18.4 Å². The summed E-state index contributed by atoms with van der Waals surface area (Å²) < 4.78 is 8.10. The Morgan fingerprint density at radius 1 is 1.12 bits per heavy atom. The Hall–Kier alpha value is -2.19. The Bertz CT molecular complexity index is 822. The summed E-state index contributed by atoms with van der Waals surface area (Å²) >= 11 is 3.46. The van der Waals surface area contributed by atoms with Gasteiger partial charge in [-0.1, -0.05) is 30.3 Å². The zero-order valence-electron chi connectivity index (χ0n) is 13.0. The summed E-state index contributed by atoms with van der Waals surface area (Å²) in [7, 11) is 0. The van der Waals surface area contributed by atoms with E-state index in [0.717, 1.165) is 12.0 Å². The summed E-state index contributed by atoms with van der Waals surface area (Å²) in [6.07, 6.45) is 1.40. The quantitative estimate of drug-likeness (QED) is 0.473. The Labute approximate surface area is 147 Å². The molecule has 0 radical (unpaired) electrons. The van der Waals surface area contributed by atoms with Gasteiger partial charge < -0.3 is 15.6 Å². The molecular formula is C16H18BrN5O2. The molecule has 0 bridgehead atoms. The van der Waals surface area contributed by atoms with Crippen molar-refractivity contribution in [2.45, 2.75) is 19.4 Å². The average Bonchev–Trinajstić information content (AvgIpc) is 2.90. The predicted molar refractivity (Wildman–Crippen MR) is 94.8 cm³/mol. The molecule has 0 fully saturated rings. The van der Waals surface area contributed by atoms with Crippen molar-refractivity contribution in [1.29, 1.82) is 0 Å². The minimum absolute atomic E-state index is 0.141. The number of aliphatic hydroxyl groups is 1. The van der Waals surface area contributed by atoms with Gasteiger partial charge in [0.25, 0.3) is 0 Å². The maximum absolute atomic E-state index is 8.80. The highest BCUT2D eigenvalue weighted by Gasteiger charge is 2.16. The number of hydrogen-bond donors (Lipinski definition) is 2. The zero-order valence-corrected chi connectivity index (χ0v) is 14.6. The van der Waals surface area contributed by atoms with Crippen molar-refractivity contribution in [2.24, 2.45) is 0 Å². The molecule has 0 aliphatic rings. The molecule has 24 heavy (non-hydrogen) atoms. The number of halogens is 1. The smallest absolute Gasteiger partial charge is 0.320 e. The molecular weight excluding hydrogens is 374 g/mol. The Morgan fingerprint density at radius 2 is 1.92 bits per heavy atom. The molecule has 2 heterocycles. The minimum atomic E-state index is 0.141. The van der Waals surface area contributed by atoms with Crippen LogP contribution in [0.25, 0.3) is 11.2 Å². The van der Waals surface area contributed by atoms with Gasteiger partial charge in [-0.15, -0.1) is 0 Å². The van der Waals surface area contributed by atoms with Crippen molar-refractivity contribution in [3.63, 3.8) is 0 Å². The van der Waals surface area contributed by atoms with E-state index in [1.165, 1.54) is 0 Å². The van der Waals surface area contributed by atoms with Gasteiger partial charge in [0.05, 0.1) is 13.2 Å². The number of rotatable bonds is 7. The molecule has 0 aliphatic heterocycles. The number of aromatic nitrogens is 4. The van der Waals surface area contributed by atoms with Crippen molar-refractivity contribution < 1.29 is 9.84 Å². The first-order chi connectivity index (χ1) is 11.7. The Kier molecular flexibility index (Phi) is 5.27. The summed E-state index contributed by atoms with van der Waals surface area (Å²) in [4.78, 5) is 13.0.